The van der Waals surface area contributed by atoms with Gasteiger partial charge >= 0.3 is 5.97 Å². The van der Waals surface area contributed by atoms with E-state index in [1.165, 1.54) is 12.1 Å². The van der Waals surface area contributed by atoms with Crippen molar-refractivity contribution in [1.82, 2.24) is 9.71 Å². The fourth-order valence-corrected chi connectivity index (χ4v) is 2.63. The topological polar surface area (TPSA) is 120 Å². The molecule has 0 aliphatic rings. The molecule has 0 radical (unpaired) electrons. The van der Waals surface area contributed by atoms with E-state index in [0.29, 0.717) is 12.8 Å². The lowest BCUT2D eigenvalue weighted by atomic mass is 10.0. The van der Waals surface area contributed by atoms with Gasteiger partial charge in [-0.15, -0.1) is 0 Å². The molecule has 0 fully saturated rings. The highest BCUT2D eigenvalue weighted by atomic mass is 32.2. The van der Waals surface area contributed by atoms with Crippen LogP contribution in [0.2, 0.25) is 0 Å². The maximum Gasteiger partial charge on any atom is 0.303 e. The Bertz CT molecular complexity index is 620. The molecule has 7 nitrogen and oxygen atoms in total. The second-order valence-corrected chi connectivity index (χ2v) is 6.48. The Balaban J connectivity index is 2.49. The first-order valence-corrected chi connectivity index (χ1v) is 7.91. The van der Waals surface area contributed by atoms with E-state index in [1.54, 1.807) is 0 Å². The average Bonchev–Trinajstić information content (AvgIpc) is 2.45. The quantitative estimate of drug-likeness (QED) is 0.742. The van der Waals surface area contributed by atoms with E-state index in [9.17, 15) is 13.2 Å². The van der Waals surface area contributed by atoms with Gasteiger partial charge in [-0.3, -0.25) is 4.79 Å². The van der Waals surface area contributed by atoms with Gasteiger partial charge in [0, 0.05) is 19.2 Å². The molecule has 1 aromatic heterocycles. The Morgan fingerprint density at radius 2 is 2.19 bits per heavy atom. The third kappa shape index (κ3) is 5.89. The van der Waals surface area contributed by atoms with Crippen molar-refractivity contribution in [3.63, 3.8) is 0 Å². The van der Waals surface area contributed by atoms with Crippen LogP contribution in [0.15, 0.2) is 23.2 Å². The standard InChI is InChI=1S/C13H17N3O4S/c1-10(2-5-13(17)18)6-7-16-21(19,20)12-4-3-11(8-14)15-9-12/h3-4,9-10,16H,2,5-7H2,1H3,(H,17,18). The Hall–Kier alpha value is -1.98. The summed E-state index contributed by atoms with van der Waals surface area (Å²) in [7, 11) is -3.65. The number of sulfonamides is 1. The Morgan fingerprint density at radius 3 is 2.71 bits per heavy atom. The highest BCUT2D eigenvalue weighted by Gasteiger charge is 2.14. The number of hydrogen-bond acceptors (Lipinski definition) is 5. The minimum Gasteiger partial charge on any atom is -0.481 e. The molecule has 1 rings (SSSR count). The third-order valence-corrected chi connectivity index (χ3v) is 4.39. The first-order chi connectivity index (χ1) is 9.85. The van der Waals surface area contributed by atoms with Crippen LogP contribution in [0.5, 0.6) is 0 Å². The molecule has 0 spiro atoms. The van der Waals surface area contributed by atoms with E-state index in [-0.39, 0.29) is 29.5 Å². The number of carbonyl (C=O) groups is 1. The van der Waals surface area contributed by atoms with Gasteiger partial charge in [-0.05, 0) is 30.9 Å². The molecule has 0 aromatic carbocycles. The SMILES string of the molecule is CC(CCNS(=O)(=O)c1ccc(C#N)nc1)CCC(=O)O. The van der Waals surface area contributed by atoms with E-state index in [4.69, 9.17) is 10.4 Å². The largest absolute Gasteiger partial charge is 0.481 e. The zero-order valence-electron chi connectivity index (χ0n) is 11.6. The molecular formula is C13H17N3O4S. The fourth-order valence-electron chi connectivity index (χ4n) is 1.64. The lowest BCUT2D eigenvalue weighted by Crippen LogP contribution is -2.26. The molecule has 1 heterocycles. The molecule has 0 bridgehead atoms. The molecule has 21 heavy (non-hydrogen) atoms. The third-order valence-electron chi connectivity index (χ3n) is 2.94. The van der Waals surface area contributed by atoms with Gasteiger partial charge in [-0.25, -0.2) is 18.1 Å². The summed E-state index contributed by atoms with van der Waals surface area (Å²) in [6, 6.07) is 4.47. The summed E-state index contributed by atoms with van der Waals surface area (Å²) in [5.41, 5.74) is 0.149. The first kappa shape index (κ1) is 17.1. The summed E-state index contributed by atoms with van der Waals surface area (Å²) in [6.45, 7) is 2.10. The summed E-state index contributed by atoms with van der Waals surface area (Å²) < 4.78 is 26.3. The van der Waals surface area contributed by atoms with Crippen LogP contribution in [-0.2, 0) is 14.8 Å². The van der Waals surface area contributed by atoms with Crippen molar-refractivity contribution < 1.29 is 18.3 Å². The van der Waals surface area contributed by atoms with Gasteiger partial charge in [0.2, 0.25) is 10.0 Å². The van der Waals surface area contributed by atoms with Crippen molar-refractivity contribution in [1.29, 1.82) is 5.26 Å². The van der Waals surface area contributed by atoms with Crippen molar-refractivity contribution in [3.8, 4) is 6.07 Å². The average molecular weight is 311 g/mol. The minimum atomic E-state index is -3.65. The molecule has 1 atom stereocenters. The second-order valence-electron chi connectivity index (χ2n) is 4.71. The lowest BCUT2D eigenvalue weighted by Gasteiger charge is -2.11. The summed E-state index contributed by atoms with van der Waals surface area (Å²) in [5.74, 6) is -0.742. The van der Waals surface area contributed by atoms with E-state index >= 15 is 0 Å². The second kappa shape index (κ2) is 7.71. The molecule has 0 aliphatic heterocycles. The smallest absolute Gasteiger partial charge is 0.303 e. The van der Waals surface area contributed by atoms with Crippen LogP contribution in [0.4, 0.5) is 0 Å². The Labute approximate surface area is 123 Å². The number of carboxylic acids is 1. The number of hydrogen-bond donors (Lipinski definition) is 2. The van der Waals surface area contributed by atoms with Gasteiger partial charge in [-0.1, -0.05) is 6.92 Å². The minimum absolute atomic E-state index is 0.000288. The summed E-state index contributed by atoms with van der Waals surface area (Å²) in [4.78, 5) is 14.1. The monoisotopic (exact) mass is 311 g/mol. The van der Waals surface area contributed by atoms with E-state index in [1.807, 2.05) is 13.0 Å². The van der Waals surface area contributed by atoms with Gasteiger partial charge in [0.1, 0.15) is 16.7 Å². The molecule has 0 aliphatic carbocycles. The van der Waals surface area contributed by atoms with Gasteiger partial charge in [-0.2, -0.15) is 5.26 Å². The van der Waals surface area contributed by atoms with Crippen molar-refractivity contribution in [2.45, 2.75) is 31.1 Å². The lowest BCUT2D eigenvalue weighted by molar-refractivity contribution is -0.137. The number of pyridine rings is 1. The van der Waals surface area contributed by atoms with Gasteiger partial charge in [0.25, 0.3) is 0 Å². The zero-order chi connectivity index (χ0) is 15.9. The van der Waals surface area contributed by atoms with Gasteiger partial charge in [0.05, 0.1) is 0 Å². The highest BCUT2D eigenvalue weighted by molar-refractivity contribution is 7.89. The van der Waals surface area contributed by atoms with Crippen LogP contribution < -0.4 is 4.72 Å². The van der Waals surface area contributed by atoms with Crippen LogP contribution in [0.3, 0.4) is 0 Å². The highest BCUT2D eigenvalue weighted by Crippen LogP contribution is 2.11. The predicted molar refractivity (Wildman–Crippen MR) is 74.8 cm³/mol. The Morgan fingerprint density at radius 1 is 1.48 bits per heavy atom. The number of rotatable bonds is 8. The number of nitrogens with zero attached hydrogens (tertiary/aromatic N) is 2. The molecule has 1 aromatic rings. The normalized spacial score (nSPS) is 12.6. The van der Waals surface area contributed by atoms with Crippen LogP contribution in [0.25, 0.3) is 0 Å². The van der Waals surface area contributed by atoms with Gasteiger partial charge in [0.15, 0.2) is 0 Å². The first-order valence-electron chi connectivity index (χ1n) is 6.43. The number of aliphatic carboxylic acids is 1. The molecule has 0 saturated carbocycles. The summed E-state index contributed by atoms with van der Waals surface area (Å²) in [6.07, 6.45) is 2.27. The zero-order valence-corrected chi connectivity index (χ0v) is 12.4. The van der Waals surface area contributed by atoms with Crippen LogP contribution in [0.1, 0.15) is 31.9 Å². The van der Waals surface area contributed by atoms with E-state index < -0.39 is 16.0 Å². The van der Waals surface area contributed by atoms with Crippen molar-refractivity contribution >= 4 is 16.0 Å². The molecule has 8 heteroatoms. The van der Waals surface area contributed by atoms with E-state index in [0.717, 1.165) is 6.20 Å². The summed E-state index contributed by atoms with van der Waals surface area (Å²) >= 11 is 0. The fraction of sp³-hybridized carbons (Fsp3) is 0.462. The molecule has 1 unspecified atom stereocenters. The Kier molecular flexibility index (Phi) is 6.27. The van der Waals surface area contributed by atoms with Crippen molar-refractivity contribution in [2.24, 2.45) is 5.92 Å². The van der Waals surface area contributed by atoms with Crippen molar-refractivity contribution in [2.75, 3.05) is 6.54 Å². The number of carboxylic acid groups (broad SMARTS) is 1. The number of nitrogens with one attached hydrogen (secondary N) is 1. The molecule has 0 saturated heterocycles. The summed E-state index contributed by atoms with van der Waals surface area (Å²) in [5, 5.41) is 17.2. The van der Waals surface area contributed by atoms with Crippen LogP contribution in [-0.4, -0.2) is 31.0 Å². The molecule has 2 N–H and O–H groups in total. The predicted octanol–water partition coefficient (Wildman–Crippen LogP) is 1.12. The van der Waals surface area contributed by atoms with Gasteiger partial charge < -0.3 is 5.11 Å². The van der Waals surface area contributed by atoms with Crippen LogP contribution >= 0.6 is 0 Å². The number of nitriles is 1. The molecular weight excluding hydrogens is 294 g/mol. The van der Waals surface area contributed by atoms with Crippen LogP contribution in [0, 0.1) is 17.2 Å². The maximum absolute atomic E-state index is 12.0. The molecule has 0 amide bonds. The van der Waals surface area contributed by atoms with E-state index in [2.05, 4.69) is 9.71 Å². The maximum atomic E-state index is 12.0. The number of aromatic nitrogens is 1. The van der Waals surface area contributed by atoms with Crippen molar-refractivity contribution in [3.05, 3.63) is 24.0 Å². The molecule has 114 valence electrons.